The van der Waals surface area contributed by atoms with Crippen LogP contribution >= 0.6 is 11.6 Å². The van der Waals surface area contributed by atoms with Crippen LogP contribution in [0.5, 0.6) is 5.75 Å². The second kappa shape index (κ2) is 6.69. The number of benzene rings is 1. The molecule has 2 N–H and O–H groups in total. The Balaban J connectivity index is 1.61. The van der Waals surface area contributed by atoms with Crippen LogP contribution in [-0.4, -0.2) is 24.0 Å². The number of anilines is 1. The maximum atomic E-state index is 13.4. The van der Waals surface area contributed by atoms with Crippen molar-refractivity contribution in [3.63, 3.8) is 0 Å². The van der Waals surface area contributed by atoms with Gasteiger partial charge in [-0.2, -0.15) is 0 Å². The highest BCUT2D eigenvalue weighted by Gasteiger charge is 2.60. The molecule has 1 aromatic carbocycles. The lowest BCUT2D eigenvalue weighted by molar-refractivity contribution is -0.148. The van der Waals surface area contributed by atoms with E-state index >= 15 is 0 Å². The van der Waals surface area contributed by atoms with E-state index in [-0.39, 0.29) is 17.4 Å². The van der Waals surface area contributed by atoms with Crippen LogP contribution in [0.4, 0.5) is 5.69 Å². The van der Waals surface area contributed by atoms with Gasteiger partial charge in [-0.05, 0) is 69.4 Å². The van der Waals surface area contributed by atoms with Crippen molar-refractivity contribution < 1.29 is 14.3 Å². The minimum atomic E-state index is -0.418. The number of ether oxygens (including phenoxy) is 1. The van der Waals surface area contributed by atoms with Crippen molar-refractivity contribution in [2.45, 2.75) is 57.9 Å². The summed E-state index contributed by atoms with van der Waals surface area (Å²) < 4.78 is 5.66. The lowest BCUT2D eigenvalue weighted by Gasteiger charge is -2.61. The van der Waals surface area contributed by atoms with Crippen molar-refractivity contribution in [1.29, 1.82) is 0 Å². The number of para-hydroxylation sites is 1. The molecule has 5 nitrogen and oxygen atoms in total. The molecular formula is C21H27ClN2O3. The SMILES string of the molecule is CCOc1c(Cl)cccc1NC(=O)C12CC3CC(CC(NC(C)=O)(C3)C1)C2. The van der Waals surface area contributed by atoms with E-state index in [2.05, 4.69) is 10.6 Å². The van der Waals surface area contributed by atoms with E-state index in [0.717, 1.165) is 32.1 Å². The third-order valence-electron chi connectivity index (χ3n) is 6.49. The van der Waals surface area contributed by atoms with Crippen molar-refractivity contribution in [3.05, 3.63) is 23.2 Å². The number of carbonyl (C=O) groups is 2. The first-order valence-electron chi connectivity index (χ1n) is 9.86. The van der Waals surface area contributed by atoms with E-state index in [1.165, 1.54) is 6.42 Å². The Labute approximate surface area is 165 Å². The molecule has 0 aliphatic heterocycles. The van der Waals surface area contributed by atoms with Gasteiger partial charge in [-0.3, -0.25) is 9.59 Å². The first-order valence-corrected chi connectivity index (χ1v) is 10.2. The van der Waals surface area contributed by atoms with Gasteiger partial charge in [-0.25, -0.2) is 0 Å². The predicted molar refractivity (Wildman–Crippen MR) is 105 cm³/mol. The standard InChI is InChI=1S/C21H27ClN2O3/c1-3-27-18-16(22)5-4-6-17(18)23-19(26)20-8-14-7-15(9-20)11-21(10-14,12-20)24-13(2)25/h4-6,14-15H,3,7-12H2,1-2H3,(H,23,26)(H,24,25). The van der Waals surface area contributed by atoms with Crippen molar-refractivity contribution >= 4 is 29.1 Å². The first kappa shape index (κ1) is 18.6. The molecular weight excluding hydrogens is 364 g/mol. The molecule has 0 heterocycles. The van der Waals surface area contributed by atoms with E-state index in [1.807, 2.05) is 19.1 Å². The van der Waals surface area contributed by atoms with Crippen LogP contribution in [0.2, 0.25) is 5.02 Å². The number of nitrogens with one attached hydrogen (secondary N) is 2. The summed E-state index contributed by atoms with van der Waals surface area (Å²) in [5, 5.41) is 6.80. The maximum absolute atomic E-state index is 13.4. The Morgan fingerprint density at radius 2 is 1.93 bits per heavy atom. The molecule has 4 fully saturated rings. The highest BCUT2D eigenvalue weighted by molar-refractivity contribution is 6.32. The maximum Gasteiger partial charge on any atom is 0.230 e. The number of amides is 2. The molecule has 4 aliphatic rings. The summed E-state index contributed by atoms with van der Waals surface area (Å²) in [6.07, 6.45) is 5.71. The van der Waals surface area contributed by atoms with Crippen LogP contribution in [0.25, 0.3) is 0 Å². The monoisotopic (exact) mass is 390 g/mol. The molecule has 4 saturated carbocycles. The van der Waals surface area contributed by atoms with Gasteiger partial charge in [0, 0.05) is 12.5 Å². The quantitative estimate of drug-likeness (QED) is 0.793. The lowest BCUT2D eigenvalue weighted by atomic mass is 9.46. The smallest absolute Gasteiger partial charge is 0.230 e. The Morgan fingerprint density at radius 1 is 1.22 bits per heavy atom. The summed E-state index contributed by atoms with van der Waals surface area (Å²) in [7, 11) is 0. The average Bonchev–Trinajstić information content (AvgIpc) is 2.55. The molecule has 2 atom stereocenters. The third-order valence-corrected chi connectivity index (χ3v) is 6.79. The Hall–Kier alpha value is -1.75. The second-order valence-corrected chi connectivity index (χ2v) is 9.11. The molecule has 0 spiro atoms. The first-order chi connectivity index (χ1) is 12.8. The van der Waals surface area contributed by atoms with Gasteiger partial charge in [0.2, 0.25) is 11.8 Å². The largest absolute Gasteiger partial charge is 0.490 e. The van der Waals surface area contributed by atoms with Gasteiger partial charge < -0.3 is 15.4 Å². The zero-order valence-corrected chi connectivity index (χ0v) is 16.7. The minimum absolute atomic E-state index is 0.000909. The normalized spacial score (nSPS) is 33.6. The predicted octanol–water partition coefficient (Wildman–Crippen LogP) is 4.15. The van der Waals surface area contributed by atoms with Gasteiger partial charge in [0.1, 0.15) is 0 Å². The van der Waals surface area contributed by atoms with Gasteiger partial charge in [-0.1, -0.05) is 17.7 Å². The zero-order chi connectivity index (χ0) is 19.2. The molecule has 146 valence electrons. The molecule has 0 aromatic heterocycles. The topological polar surface area (TPSA) is 67.4 Å². The Morgan fingerprint density at radius 3 is 2.56 bits per heavy atom. The van der Waals surface area contributed by atoms with Gasteiger partial charge in [-0.15, -0.1) is 0 Å². The second-order valence-electron chi connectivity index (χ2n) is 8.71. The molecule has 6 heteroatoms. The van der Waals surface area contributed by atoms with E-state index in [9.17, 15) is 9.59 Å². The van der Waals surface area contributed by atoms with Gasteiger partial charge >= 0.3 is 0 Å². The van der Waals surface area contributed by atoms with E-state index in [0.29, 0.717) is 34.9 Å². The average molecular weight is 391 g/mol. The summed E-state index contributed by atoms with van der Waals surface area (Å²) in [5.74, 6) is 1.58. The van der Waals surface area contributed by atoms with Crippen molar-refractivity contribution in [3.8, 4) is 5.75 Å². The Kier molecular flexibility index (Phi) is 4.61. The number of carbonyl (C=O) groups excluding carboxylic acids is 2. The van der Waals surface area contributed by atoms with Crippen molar-refractivity contribution in [2.24, 2.45) is 17.3 Å². The molecule has 1 aromatic rings. The van der Waals surface area contributed by atoms with E-state index in [4.69, 9.17) is 16.3 Å². The van der Waals surface area contributed by atoms with Crippen molar-refractivity contribution in [1.82, 2.24) is 5.32 Å². The number of hydrogen-bond donors (Lipinski definition) is 2. The molecule has 4 aliphatic carbocycles. The third kappa shape index (κ3) is 3.31. The lowest BCUT2D eigenvalue weighted by Crippen LogP contribution is -2.65. The Bertz CT molecular complexity index is 765. The molecule has 5 rings (SSSR count). The van der Waals surface area contributed by atoms with Crippen molar-refractivity contribution in [2.75, 3.05) is 11.9 Å². The highest BCUT2D eigenvalue weighted by Crippen LogP contribution is 2.62. The zero-order valence-electron chi connectivity index (χ0n) is 15.9. The molecule has 0 saturated heterocycles. The van der Waals surface area contributed by atoms with Gasteiger partial charge in [0.15, 0.2) is 5.75 Å². The van der Waals surface area contributed by atoms with E-state index in [1.54, 1.807) is 13.0 Å². The van der Waals surface area contributed by atoms with Gasteiger partial charge in [0.05, 0.1) is 22.7 Å². The molecule has 0 radical (unpaired) electrons. The molecule has 2 unspecified atom stereocenters. The van der Waals surface area contributed by atoms with Crippen LogP contribution in [0.3, 0.4) is 0 Å². The highest BCUT2D eigenvalue weighted by atomic mass is 35.5. The number of hydrogen-bond acceptors (Lipinski definition) is 3. The minimum Gasteiger partial charge on any atom is -0.490 e. The van der Waals surface area contributed by atoms with Crippen LogP contribution in [0, 0.1) is 17.3 Å². The van der Waals surface area contributed by atoms with Crippen LogP contribution < -0.4 is 15.4 Å². The molecule has 4 bridgehead atoms. The van der Waals surface area contributed by atoms with Crippen LogP contribution in [-0.2, 0) is 9.59 Å². The fourth-order valence-corrected chi connectivity index (χ4v) is 6.43. The van der Waals surface area contributed by atoms with Crippen LogP contribution in [0.15, 0.2) is 18.2 Å². The fourth-order valence-electron chi connectivity index (χ4n) is 6.20. The summed E-state index contributed by atoms with van der Waals surface area (Å²) >= 11 is 6.27. The molecule has 27 heavy (non-hydrogen) atoms. The fraction of sp³-hybridized carbons (Fsp3) is 0.619. The molecule has 2 amide bonds. The summed E-state index contributed by atoms with van der Waals surface area (Å²) in [6.45, 7) is 3.95. The number of halogens is 1. The van der Waals surface area contributed by atoms with E-state index < -0.39 is 5.41 Å². The van der Waals surface area contributed by atoms with Gasteiger partial charge in [0.25, 0.3) is 0 Å². The summed E-state index contributed by atoms with van der Waals surface area (Å²) in [4.78, 5) is 25.2. The number of rotatable bonds is 5. The van der Waals surface area contributed by atoms with Crippen LogP contribution in [0.1, 0.15) is 52.4 Å². The summed E-state index contributed by atoms with van der Waals surface area (Å²) in [6, 6.07) is 5.41. The summed E-state index contributed by atoms with van der Waals surface area (Å²) in [5.41, 5.74) is -0.0125.